The number of anilines is 2. The molecular weight excluding hydrogens is 357 g/mol. The van der Waals surface area contributed by atoms with Crippen LogP contribution in [-0.4, -0.2) is 25.7 Å². The van der Waals surface area contributed by atoms with Gasteiger partial charge in [-0.2, -0.15) is 18.4 Å². The van der Waals surface area contributed by atoms with E-state index in [1.165, 1.54) is 25.1 Å². The maximum atomic E-state index is 13.4. The summed E-state index contributed by atoms with van der Waals surface area (Å²) in [6.45, 7) is 0. The highest BCUT2D eigenvalue weighted by Gasteiger charge is 2.35. The Hall–Kier alpha value is -3.34. The van der Waals surface area contributed by atoms with Gasteiger partial charge in [0.1, 0.15) is 0 Å². The van der Waals surface area contributed by atoms with E-state index in [4.69, 9.17) is 5.26 Å². The smallest absolute Gasteiger partial charge is 0.377 e. The van der Waals surface area contributed by atoms with E-state index in [1.807, 2.05) is 6.07 Å². The Labute approximate surface area is 153 Å². The first-order chi connectivity index (χ1) is 12.7. The maximum absolute atomic E-state index is 13.4. The van der Waals surface area contributed by atoms with Crippen molar-refractivity contribution in [3.05, 3.63) is 53.1 Å². The molecule has 0 unspecified atom stereocenters. The number of carbonyl (C=O) groups is 1. The number of hydrogen-bond donors (Lipinski definition) is 1. The number of amides is 1. The van der Waals surface area contributed by atoms with E-state index in [2.05, 4.69) is 10.3 Å². The summed E-state index contributed by atoms with van der Waals surface area (Å²) in [5.41, 5.74) is 0.694. The van der Waals surface area contributed by atoms with Crippen molar-refractivity contribution < 1.29 is 18.0 Å². The summed E-state index contributed by atoms with van der Waals surface area (Å²) in [6.07, 6.45) is -4.68. The fourth-order valence-electron chi connectivity index (χ4n) is 2.83. The molecule has 0 atom stereocenters. The Balaban J connectivity index is 2.20. The Morgan fingerprint density at radius 1 is 1.22 bits per heavy atom. The quantitative estimate of drug-likeness (QED) is 0.863. The molecule has 0 bridgehead atoms. The van der Waals surface area contributed by atoms with Gasteiger partial charge in [0.05, 0.1) is 46.4 Å². The predicted molar refractivity (Wildman–Crippen MR) is 96.4 cm³/mol. The molecule has 2 aromatic carbocycles. The largest absolute Gasteiger partial charge is 0.418 e. The van der Waals surface area contributed by atoms with Gasteiger partial charge in [0, 0.05) is 14.1 Å². The fourth-order valence-corrected chi connectivity index (χ4v) is 2.83. The molecule has 0 saturated heterocycles. The van der Waals surface area contributed by atoms with Gasteiger partial charge in [0.2, 0.25) is 5.91 Å². The van der Waals surface area contributed by atoms with Gasteiger partial charge in [0.15, 0.2) is 0 Å². The number of benzene rings is 2. The van der Waals surface area contributed by atoms with E-state index in [0.29, 0.717) is 16.8 Å². The summed E-state index contributed by atoms with van der Waals surface area (Å²) >= 11 is 0. The number of carbonyl (C=O) groups excluding carboxylic acids is 1. The van der Waals surface area contributed by atoms with Gasteiger partial charge < -0.3 is 10.2 Å². The summed E-state index contributed by atoms with van der Waals surface area (Å²) in [4.78, 5) is 18.0. The first-order valence-electron chi connectivity index (χ1n) is 7.99. The minimum Gasteiger partial charge on any atom is -0.377 e. The highest BCUT2D eigenvalue weighted by Crippen LogP contribution is 2.42. The molecule has 2 aromatic rings. The Morgan fingerprint density at radius 3 is 2.59 bits per heavy atom. The van der Waals surface area contributed by atoms with Crippen LogP contribution in [0.25, 0.3) is 0 Å². The monoisotopic (exact) mass is 372 g/mol. The van der Waals surface area contributed by atoms with Crippen molar-refractivity contribution in [1.29, 1.82) is 5.26 Å². The van der Waals surface area contributed by atoms with Crippen LogP contribution in [0.3, 0.4) is 0 Å². The van der Waals surface area contributed by atoms with Crippen molar-refractivity contribution in [2.24, 2.45) is 4.99 Å². The predicted octanol–water partition coefficient (Wildman–Crippen LogP) is 4.11. The number of aliphatic imine (C=N–C) groups is 1. The second kappa shape index (κ2) is 6.76. The number of fused-ring (bicyclic) bond motifs is 1. The maximum Gasteiger partial charge on any atom is 0.418 e. The lowest BCUT2D eigenvalue weighted by Gasteiger charge is -2.21. The number of alkyl halides is 3. The molecule has 0 aliphatic carbocycles. The SMILES string of the molecule is CN(C)c1cc2c(cc1C(F)(F)F)NC(=O)CC(c1cccc(C#N)c1)=N2. The van der Waals surface area contributed by atoms with E-state index in [0.717, 1.165) is 6.07 Å². The molecule has 8 heteroatoms. The Bertz CT molecular complexity index is 987. The number of nitriles is 1. The standard InChI is InChI=1S/C19H15F3N4O/c1-26(2)17-8-16-15(7-13(17)19(20,21)22)25-18(27)9-14(24-16)12-5-3-4-11(6-12)10-23/h3-8H,9H2,1-2H3,(H,25,27). The normalized spacial score (nSPS) is 13.8. The van der Waals surface area contributed by atoms with Crippen LogP contribution in [-0.2, 0) is 11.0 Å². The first-order valence-corrected chi connectivity index (χ1v) is 7.99. The minimum absolute atomic E-state index is 0.00404. The van der Waals surface area contributed by atoms with Crippen LogP contribution in [0.2, 0.25) is 0 Å². The molecule has 1 aliphatic heterocycles. The van der Waals surface area contributed by atoms with Crippen LogP contribution < -0.4 is 10.2 Å². The van der Waals surface area contributed by atoms with Crippen LogP contribution in [0.5, 0.6) is 0 Å². The zero-order valence-corrected chi connectivity index (χ0v) is 14.6. The lowest BCUT2D eigenvalue weighted by molar-refractivity contribution is -0.137. The fraction of sp³-hybridized carbons (Fsp3) is 0.211. The van der Waals surface area contributed by atoms with Crippen LogP contribution in [0.15, 0.2) is 41.4 Å². The first kappa shape index (κ1) is 18.5. The molecule has 0 aromatic heterocycles. The Morgan fingerprint density at radius 2 is 1.96 bits per heavy atom. The van der Waals surface area contributed by atoms with Gasteiger partial charge in [-0.1, -0.05) is 12.1 Å². The van der Waals surface area contributed by atoms with E-state index in [-0.39, 0.29) is 23.5 Å². The molecule has 0 saturated carbocycles. The van der Waals surface area contributed by atoms with Crippen molar-refractivity contribution >= 4 is 28.7 Å². The van der Waals surface area contributed by atoms with E-state index < -0.39 is 17.6 Å². The van der Waals surface area contributed by atoms with Crippen molar-refractivity contribution in [2.75, 3.05) is 24.3 Å². The van der Waals surface area contributed by atoms with Gasteiger partial charge in [-0.25, -0.2) is 0 Å². The van der Waals surface area contributed by atoms with E-state index >= 15 is 0 Å². The molecule has 0 fully saturated rings. The third kappa shape index (κ3) is 3.77. The lowest BCUT2D eigenvalue weighted by Crippen LogP contribution is -2.18. The molecule has 5 nitrogen and oxygen atoms in total. The average Bonchev–Trinajstić information content (AvgIpc) is 2.77. The second-order valence-electron chi connectivity index (χ2n) is 6.25. The van der Waals surface area contributed by atoms with Gasteiger partial charge in [-0.3, -0.25) is 9.79 Å². The van der Waals surface area contributed by atoms with Gasteiger partial charge in [-0.05, 0) is 29.8 Å². The topological polar surface area (TPSA) is 68.5 Å². The summed E-state index contributed by atoms with van der Waals surface area (Å²) in [5.74, 6) is -0.472. The molecule has 0 spiro atoms. The highest BCUT2D eigenvalue weighted by molar-refractivity contribution is 6.17. The molecular formula is C19H15F3N4O. The van der Waals surface area contributed by atoms with Crippen LogP contribution in [0.1, 0.15) is 23.1 Å². The second-order valence-corrected chi connectivity index (χ2v) is 6.25. The van der Waals surface area contributed by atoms with E-state index in [9.17, 15) is 18.0 Å². The van der Waals surface area contributed by atoms with Crippen LogP contribution in [0, 0.1) is 11.3 Å². The zero-order chi connectivity index (χ0) is 19.8. The number of halogens is 3. The summed E-state index contributed by atoms with van der Waals surface area (Å²) in [7, 11) is 3.01. The van der Waals surface area contributed by atoms with Gasteiger partial charge in [-0.15, -0.1) is 0 Å². The van der Waals surface area contributed by atoms with E-state index in [1.54, 1.807) is 24.3 Å². The molecule has 1 N–H and O–H groups in total. The summed E-state index contributed by atoms with van der Waals surface area (Å²) in [6, 6.07) is 10.8. The summed E-state index contributed by atoms with van der Waals surface area (Å²) in [5, 5.41) is 11.5. The molecule has 1 aliphatic rings. The third-order valence-electron chi connectivity index (χ3n) is 4.08. The molecule has 0 radical (unpaired) electrons. The molecule has 1 amide bonds. The third-order valence-corrected chi connectivity index (χ3v) is 4.08. The number of hydrogen-bond acceptors (Lipinski definition) is 4. The zero-order valence-electron chi connectivity index (χ0n) is 14.6. The Kier molecular flexibility index (Phi) is 4.62. The van der Waals surface area contributed by atoms with Gasteiger partial charge in [0.25, 0.3) is 0 Å². The highest BCUT2D eigenvalue weighted by atomic mass is 19.4. The minimum atomic E-state index is -4.57. The van der Waals surface area contributed by atoms with Crippen molar-refractivity contribution in [2.45, 2.75) is 12.6 Å². The van der Waals surface area contributed by atoms with Crippen LogP contribution in [0.4, 0.5) is 30.2 Å². The molecule has 27 heavy (non-hydrogen) atoms. The number of nitrogens with zero attached hydrogens (tertiary/aromatic N) is 3. The average molecular weight is 372 g/mol. The van der Waals surface area contributed by atoms with Crippen molar-refractivity contribution in [3.8, 4) is 6.07 Å². The van der Waals surface area contributed by atoms with Crippen LogP contribution >= 0.6 is 0 Å². The van der Waals surface area contributed by atoms with Gasteiger partial charge >= 0.3 is 6.18 Å². The molecule has 138 valence electrons. The summed E-state index contributed by atoms with van der Waals surface area (Å²) < 4.78 is 40.2. The number of nitrogens with one attached hydrogen (secondary N) is 1. The van der Waals surface area contributed by atoms with Crippen molar-refractivity contribution in [1.82, 2.24) is 0 Å². The lowest BCUT2D eigenvalue weighted by atomic mass is 10.0. The molecule has 3 rings (SSSR count). The number of rotatable bonds is 2. The molecule has 1 heterocycles. The van der Waals surface area contributed by atoms with Crippen molar-refractivity contribution in [3.63, 3.8) is 0 Å².